The Balaban J connectivity index is 1.89. The molecule has 0 aliphatic heterocycles. The summed E-state index contributed by atoms with van der Waals surface area (Å²) in [6.45, 7) is 0. The van der Waals surface area contributed by atoms with Crippen LogP contribution in [0.25, 0.3) is 0 Å². The Kier molecular flexibility index (Phi) is 4.52. The summed E-state index contributed by atoms with van der Waals surface area (Å²) >= 11 is 0. The maximum absolute atomic E-state index is 12.5. The zero-order valence-corrected chi connectivity index (χ0v) is 13.0. The maximum Gasteiger partial charge on any atom is 0.237 e. The minimum Gasteiger partial charge on any atom is -0.507 e. The van der Waals surface area contributed by atoms with Crippen LogP contribution in [0.3, 0.4) is 0 Å². The number of phenolic OH excluding ortho intramolecular Hbond substituents is 1. The number of Topliss-reactive ketones (excluding diaryl/α,β-unsaturated/α-hetero) is 2. The summed E-state index contributed by atoms with van der Waals surface area (Å²) in [5, 5.41) is 9.99. The van der Waals surface area contributed by atoms with E-state index in [1.165, 1.54) is 6.07 Å². The molecule has 3 aromatic rings. The summed E-state index contributed by atoms with van der Waals surface area (Å²) < 4.78 is 0. The standard InChI is InChI=1S/C21H16O3/c22-19-12-11-16(13-15-7-3-1-4-8-15)14-18(19)21(24)20(23)17-9-5-2-6-10-17/h1-12,14,22H,13H2. The van der Waals surface area contributed by atoms with Gasteiger partial charge in [0.05, 0.1) is 5.56 Å². The van der Waals surface area contributed by atoms with Gasteiger partial charge < -0.3 is 5.11 Å². The van der Waals surface area contributed by atoms with Gasteiger partial charge in [0, 0.05) is 5.56 Å². The highest BCUT2D eigenvalue weighted by Crippen LogP contribution is 2.22. The number of hydrogen-bond donors (Lipinski definition) is 1. The fourth-order valence-corrected chi connectivity index (χ4v) is 2.55. The van der Waals surface area contributed by atoms with E-state index in [1.54, 1.807) is 42.5 Å². The van der Waals surface area contributed by atoms with Gasteiger partial charge in [-0.05, 0) is 29.7 Å². The van der Waals surface area contributed by atoms with Crippen molar-refractivity contribution in [2.24, 2.45) is 0 Å². The highest BCUT2D eigenvalue weighted by atomic mass is 16.3. The molecule has 0 saturated carbocycles. The van der Waals surface area contributed by atoms with E-state index in [0.717, 1.165) is 11.1 Å². The number of aromatic hydroxyl groups is 1. The van der Waals surface area contributed by atoms with Crippen LogP contribution in [0.1, 0.15) is 31.8 Å². The Morgan fingerprint density at radius 1 is 0.708 bits per heavy atom. The molecule has 3 rings (SSSR count). The highest BCUT2D eigenvalue weighted by molar-refractivity contribution is 6.49. The van der Waals surface area contributed by atoms with Crippen molar-refractivity contribution in [3.63, 3.8) is 0 Å². The Morgan fingerprint density at radius 3 is 2.00 bits per heavy atom. The summed E-state index contributed by atoms with van der Waals surface area (Å²) in [6.07, 6.45) is 0.626. The maximum atomic E-state index is 12.5. The Hall–Kier alpha value is -3.20. The fraction of sp³-hybridized carbons (Fsp3) is 0.0476. The van der Waals surface area contributed by atoms with Crippen LogP contribution in [0.2, 0.25) is 0 Å². The zero-order chi connectivity index (χ0) is 16.9. The van der Waals surface area contributed by atoms with Crippen molar-refractivity contribution in [3.8, 4) is 5.75 Å². The summed E-state index contributed by atoms with van der Waals surface area (Å²) in [6, 6.07) is 23.0. The van der Waals surface area contributed by atoms with Gasteiger partial charge in [0.1, 0.15) is 5.75 Å². The molecule has 0 atom stereocenters. The lowest BCUT2D eigenvalue weighted by Crippen LogP contribution is -2.15. The van der Waals surface area contributed by atoms with Crippen LogP contribution in [0.15, 0.2) is 78.9 Å². The molecule has 3 nitrogen and oxygen atoms in total. The smallest absolute Gasteiger partial charge is 0.237 e. The number of carbonyl (C=O) groups is 2. The molecule has 118 valence electrons. The molecule has 0 bridgehead atoms. The van der Waals surface area contributed by atoms with E-state index < -0.39 is 11.6 Å². The first-order valence-electron chi connectivity index (χ1n) is 7.65. The normalized spacial score (nSPS) is 10.3. The molecular formula is C21H16O3. The Bertz CT molecular complexity index is 868. The SMILES string of the molecule is O=C(C(=O)c1cc(Cc2ccccc2)ccc1O)c1ccccc1. The summed E-state index contributed by atoms with van der Waals surface area (Å²) in [4.78, 5) is 24.8. The third-order valence-corrected chi connectivity index (χ3v) is 3.80. The van der Waals surface area contributed by atoms with Crippen molar-refractivity contribution in [3.05, 3.63) is 101 Å². The average Bonchev–Trinajstić information content (AvgIpc) is 2.64. The molecule has 0 heterocycles. The fourth-order valence-electron chi connectivity index (χ4n) is 2.55. The van der Waals surface area contributed by atoms with E-state index in [4.69, 9.17) is 0 Å². The van der Waals surface area contributed by atoms with Gasteiger partial charge >= 0.3 is 0 Å². The van der Waals surface area contributed by atoms with E-state index in [2.05, 4.69) is 0 Å². The molecule has 1 N–H and O–H groups in total. The second-order valence-corrected chi connectivity index (χ2v) is 5.54. The minimum absolute atomic E-state index is 0.0392. The van der Waals surface area contributed by atoms with E-state index in [9.17, 15) is 14.7 Å². The quantitative estimate of drug-likeness (QED) is 0.571. The number of phenols is 1. The molecule has 0 spiro atoms. The predicted molar refractivity (Wildman–Crippen MR) is 92.5 cm³/mol. The molecule has 24 heavy (non-hydrogen) atoms. The van der Waals surface area contributed by atoms with Gasteiger partial charge in [-0.3, -0.25) is 9.59 Å². The van der Waals surface area contributed by atoms with E-state index in [-0.39, 0.29) is 11.3 Å². The van der Waals surface area contributed by atoms with Gasteiger partial charge in [-0.2, -0.15) is 0 Å². The van der Waals surface area contributed by atoms with Gasteiger partial charge in [0.15, 0.2) is 0 Å². The van der Waals surface area contributed by atoms with E-state index in [0.29, 0.717) is 12.0 Å². The van der Waals surface area contributed by atoms with Crippen LogP contribution >= 0.6 is 0 Å². The Labute approximate surface area is 140 Å². The molecule has 0 aliphatic carbocycles. The third-order valence-electron chi connectivity index (χ3n) is 3.80. The number of carbonyl (C=O) groups excluding carboxylic acids is 2. The zero-order valence-electron chi connectivity index (χ0n) is 13.0. The van der Waals surface area contributed by atoms with Crippen molar-refractivity contribution >= 4 is 11.6 Å². The van der Waals surface area contributed by atoms with Crippen LogP contribution < -0.4 is 0 Å². The first-order valence-corrected chi connectivity index (χ1v) is 7.65. The minimum atomic E-state index is -0.700. The molecule has 3 heteroatoms. The molecule has 0 aliphatic rings. The van der Waals surface area contributed by atoms with Gasteiger partial charge in [-0.25, -0.2) is 0 Å². The van der Waals surface area contributed by atoms with Gasteiger partial charge in [0.25, 0.3) is 0 Å². The first-order chi connectivity index (χ1) is 11.6. The van der Waals surface area contributed by atoms with Crippen molar-refractivity contribution < 1.29 is 14.7 Å². The van der Waals surface area contributed by atoms with Crippen LogP contribution in [-0.4, -0.2) is 16.7 Å². The molecule has 0 fully saturated rings. The summed E-state index contributed by atoms with van der Waals surface area (Å²) in [5.41, 5.74) is 2.31. The topological polar surface area (TPSA) is 54.4 Å². The molecule has 0 amide bonds. The van der Waals surface area contributed by atoms with Crippen LogP contribution in [0.4, 0.5) is 0 Å². The van der Waals surface area contributed by atoms with Crippen molar-refractivity contribution in [1.29, 1.82) is 0 Å². The van der Waals surface area contributed by atoms with E-state index in [1.807, 2.05) is 30.3 Å². The summed E-state index contributed by atoms with van der Waals surface area (Å²) in [7, 11) is 0. The molecule has 0 aromatic heterocycles. The molecule has 0 saturated heterocycles. The highest BCUT2D eigenvalue weighted by Gasteiger charge is 2.21. The third kappa shape index (κ3) is 3.41. The van der Waals surface area contributed by atoms with Gasteiger partial charge in [0.2, 0.25) is 11.6 Å². The van der Waals surface area contributed by atoms with Crippen LogP contribution in [0, 0.1) is 0 Å². The molecule has 0 unspecified atom stereocenters. The Morgan fingerprint density at radius 2 is 1.33 bits per heavy atom. The van der Waals surface area contributed by atoms with Gasteiger partial charge in [-0.15, -0.1) is 0 Å². The molecule has 0 radical (unpaired) electrons. The number of rotatable bonds is 5. The monoisotopic (exact) mass is 316 g/mol. The lowest BCUT2D eigenvalue weighted by molar-refractivity contribution is 0.0815. The van der Waals surface area contributed by atoms with Crippen molar-refractivity contribution in [2.45, 2.75) is 6.42 Å². The average molecular weight is 316 g/mol. The second kappa shape index (κ2) is 6.92. The lowest BCUT2D eigenvalue weighted by atomic mass is 9.97. The molecule has 3 aromatic carbocycles. The lowest BCUT2D eigenvalue weighted by Gasteiger charge is -2.07. The first kappa shape index (κ1) is 15.7. The number of benzene rings is 3. The number of ketones is 2. The van der Waals surface area contributed by atoms with Gasteiger partial charge in [-0.1, -0.05) is 66.7 Å². The second-order valence-electron chi connectivity index (χ2n) is 5.54. The van der Waals surface area contributed by atoms with Crippen molar-refractivity contribution in [1.82, 2.24) is 0 Å². The largest absolute Gasteiger partial charge is 0.507 e. The van der Waals surface area contributed by atoms with Crippen LogP contribution in [-0.2, 0) is 6.42 Å². The van der Waals surface area contributed by atoms with Crippen molar-refractivity contribution in [2.75, 3.05) is 0 Å². The molecular weight excluding hydrogens is 300 g/mol. The van der Waals surface area contributed by atoms with Crippen LogP contribution in [0.5, 0.6) is 5.75 Å². The predicted octanol–water partition coefficient (Wildman–Crippen LogP) is 4.05. The summed E-state index contributed by atoms with van der Waals surface area (Å²) in [5.74, 6) is -1.50. The number of hydrogen-bond acceptors (Lipinski definition) is 3. The van der Waals surface area contributed by atoms with E-state index >= 15 is 0 Å².